The average molecular weight is 188 g/mol. The van der Waals surface area contributed by atoms with Crippen LogP contribution >= 0.6 is 11.6 Å². The molecular weight excluding hydrogens is 174 g/mol. The van der Waals surface area contributed by atoms with Gasteiger partial charge >= 0.3 is 0 Å². The van der Waals surface area contributed by atoms with E-state index >= 15 is 0 Å². The molecular formula is C8H14ClN3. The topological polar surface area (TPSA) is 30.7 Å². The predicted octanol–water partition coefficient (Wildman–Crippen LogP) is 1.94. The second-order valence-corrected chi connectivity index (χ2v) is 3.95. The van der Waals surface area contributed by atoms with Gasteiger partial charge in [0.25, 0.3) is 0 Å². The van der Waals surface area contributed by atoms with Crippen molar-refractivity contribution in [3.63, 3.8) is 0 Å². The quantitative estimate of drug-likeness (QED) is 0.678. The molecule has 12 heavy (non-hydrogen) atoms. The molecule has 0 saturated carbocycles. The van der Waals surface area contributed by atoms with Crippen molar-refractivity contribution < 1.29 is 0 Å². The standard InChI is InChI=1S/C8H14ClN3/c1-6(4-7(2)9)8-5-10-11-12(8)3/h5-7H,4H2,1-3H3. The largest absolute Gasteiger partial charge is 0.252 e. The van der Waals surface area contributed by atoms with E-state index in [4.69, 9.17) is 11.6 Å². The summed E-state index contributed by atoms with van der Waals surface area (Å²) in [5, 5.41) is 7.89. The highest BCUT2D eigenvalue weighted by Crippen LogP contribution is 2.20. The van der Waals surface area contributed by atoms with Gasteiger partial charge in [0.15, 0.2) is 0 Å². The molecule has 0 bridgehead atoms. The number of aryl methyl sites for hydroxylation is 1. The van der Waals surface area contributed by atoms with Crippen molar-refractivity contribution in [3.8, 4) is 0 Å². The second-order valence-electron chi connectivity index (χ2n) is 3.20. The van der Waals surface area contributed by atoms with E-state index < -0.39 is 0 Å². The van der Waals surface area contributed by atoms with E-state index in [1.165, 1.54) is 0 Å². The number of hydrogen-bond donors (Lipinski definition) is 0. The monoisotopic (exact) mass is 187 g/mol. The van der Waals surface area contributed by atoms with Crippen LogP contribution in [0.1, 0.15) is 31.9 Å². The van der Waals surface area contributed by atoms with Gasteiger partial charge in [0, 0.05) is 18.3 Å². The molecule has 0 aromatic carbocycles. The van der Waals surface area contributed by atoms with Gasteiger partial charge in [-0.3, -0.25) is 4.68 Å². The number of rotatable bonds is 3. The van der Waals surface area contributed by atoms with E-state index in [0.29, 0.717) is 5.92 Å². The third kappa shape index (κ3) is 2.21. The molecule has 0 N–H and O–H groups in total. The minimum absolute atomic E-state index is 0.204. The van der Waals surface area contributed by atoms with E-state index in [0.717, 1.165) is 12.1 Å². The highest BCUT2D eigenvalue weighted by atomic mass is 35.5. The average Bonchev–Trinajstić information content (AvgIpc) is 2.33. The van der Waals surface area contributed by atoms with Gasteiger partial charge in [0.05, 0.1) is 11.9 Å². The Morgan fingerprint density at radius 1 is 1.58 bits per heavy atom. The van der Waals surface area contributed by atoms with E-state index in [2.05, 4.69) is 17.2 Å². The number of alkyl halides is 1. The number of hydrogen-bond acceptors (Lipinski definition) is 2. The van der Waals surface area contributed by atoms with E-state index in [1.54, 1.807) is 10.9 Å². The lowest BCUT2D eigenvalue weighted by Crippen LogP contribution is -2.06. The molecule has 68 valence electrons. The highest BCUT2D eigenvalue weighted by molar-refractivity contribution is 6.20. The molecule has 0 aliphatic heterocycles. The summed E-state index contributed by atoms with van der Waals surface area (Å²) in [7, 11) is 1.90. The van der Waals surface area contributed by atoms with Crippen LogP contribution in [0, 0.1) is 0 Å². The molecule has 0 amide bonds. The van der Waals surface area contributed by atoms with Gasteiger partial charge in [-0.25, -0.2) is 0 Å². The van der Waals surface area contributed by atoms with Crippen molar-refractivity contribution in [3.05, 3.63) is 11.9 Å². The zero-order valence-electron chi connectivity index (χ0n) is 7.66. The zero-order valence-corrected chi connectivity index (χ0v) is 8.41. The molecule has 0 aliphatic rings. The fourth-order valence-electron chi connectivity index (χ4n) is 1.35. The molecule has 1 heterocycles. The van der Waals surface area contributed by atoms with Gasteiger partial charge in [-0.05, 0) is 13.3 Å². The van der Waals surface area contributed by atoms with Gasteiger partial charge in [0.1, 0.15) is 0 Å². The van der Waals surface area contributed by atoms with E-state index in [-0.39, 0.29) is 5.38 Å². The first-order valence-corrected chi connectivity index (χ1v) is 4.53. The molecule has 0 saturated heterocycles. The Morgan fingerprint density at radius 2 is 2.25 bits per heavy atom. The number of nitrogens with zero attached hydrogens (tertiary/aromatic N) is 3. The van der Waals surface area contributed by atoms with Crippen molar-refractivity contribution in [2.24, 2.45) is 7.05 Å². The van der Waals surface area contributed by atoms with Crippen molar-refractivity contribution in [1.29, 1.82) is 0 Å². The second kappa shape index (κ2) is 3.90. The molecule has 0 fully saturated rings. The van der Waals surface area contributed by atoms with Crippen LogP contribution in [0.15, 0.2) is 6.20 Å². The summed E-state index contributed by atoms with van der Waals surface area (Å²) >= 11 is 5.89. The Bertz CT molecular complexity index is 244. The molecule has 1 aromatic heterocycles. The van der Waals surface area contributed by atoms with Crippen LogP contribution in [-0.2, 0) is 7.05 Å². The van der Waals surface area contributed by atoms with Gasteiger partial charge in [-0.2, -0.15) is 0 Å². The van der Waals surface area contributed by atoms with Crippen molar-refractivity contribution in [1.82, 2.24) is 15.0 Å². The van der Waals surface area contributed by atoms with Crippen LogP contribution in [0.2, 0.25) is 0 Å². The van der Waals surface area contributed by atoms with Gasteiger partial charge < -0.3 is 0 Å². The summed E-state index contributed by atoms with van der Waals surface area (Å²) in [5.41, 5.74) is 1.14. The smallest absolute Gasteiger partial charge is 0.0727 e. The first-order chi connectivity index (χ1) is 5.61. The molecule has 0 radical (unpaired) electrons. The summed E-state index contributed by atoms with van der Waals surface area (Å²) in [5.74, 6) is 0.428. The van der Waals surface area contributed by atoms with Crippen molar-refractivity contribution in [2.45, 2.75) is 31.6 Å². The first kappa shape index (κ1) is 9.52. The molecule has 0 aliphatic carbocycles. The third-order valence-electron chi connectivity index (χ3n) is 1.93. The molecule has 1 rings (SSSR count). The van der Waals surface area contributed by atoms with Crippen LogP contribution in [0.3, 0.4) is 0 Å². The summed E-state index contributed by atoms with van der Waals surface area (Å²) in [6.45, 7) is 4.14. The maximum atomic E-state index is 5.89. The molecule has 2 unspecified atom stereocenters. The van der Waals surface area contributed by atoms with Gasteiger partial charge in [0.2, 0.25) is 0 Å². The maximum Gasteiger partial charge on any atom is 0.0727 e. The molecule has 1 aromatic rings. The maximum absolute atomic E-state index is 5.89. The summed E-state index contributed by atoms with van der Waals surface area (Å²) in [6, 6.07) is 0. The number of aromatic nitrogens is 3. The van der Waals surface area contributed by atoms with Crippen molar-refractivity contribution in [2.75, 3.05) is 0 Å². The SMILES string of the molecule is CC(Cl)CC(C)c1cnnn1C. The predicted molar refractivity (Wildman–Crippen MR) is 49.4 cm³/mol. The molecule has 2 atom stereocenters. The van der Waals surface area contributed by atoms with Crippen LogP contribution in [0.25, 0.3) is 0 Å². The zero-order chi connectivity index (χ0) is 9.14. The summed E-state index contributed by atoms with van der Waals surface area (Å²) in [6.07, 6.45) is 2.76. The lowest BCUT2D eigenvalue weighted by Gasteiger charge is -2.11. The van der Waals surface area contributed by atoms with Crippen LogP contribution in [0.4, 0.5) is 0 Å². The Balaban J connectivity index is 2.65. The fourth-order valence-corrected chi connectivity index (χ4v) is 1.62. The van der Waals surface area contributed by atoms with Crippen molar-refractivity contribution >= 4 is 11.6 Å². The lowest BCUT2D eigenvalue weighted by atomic mass is 10.0. The lowest BCUT2D eigenvalue weighted by molar-refractivity contribution is 0.590. The highest BCUT2D eigenvalue weighted by Gasteiger charge is 2.12. The van der Waals surface area contributed by atoms with Crippen LogP contribution in [0.5, 0.6) is 0 Å². The minimum Gasteiger partial charge on any atom is -0.252 e. The normalized spacial score (nSPS) is 16.0. The Morgan fingerprint density at radius 3 is 2.67 bits per heavy atom. The van der Waals surface area contributed by atoms with E-state index in [1.807, 2.05) is 14.0 Å². The Hall–Kier alpha value is -0.570. The Kier molecular flexibility index (Phi) is 3.09. The summed E-state index contributed by atoms with van der Waals surface area (Å²) < 4.78 is 1.80. The van der Waals surface area contributed by atoms with E-state index in [9.17, 15) is 0 Å². The van der Waals surface area contributed by atoms with Crippen LogP contribution in [-0.4, -0.2) is 20.4 Å². The Labute approximate surface area is 77.7 Å². The third-order valence-corrected chi connectivity index (χ3v) is 2.11. The summed E-state index contributed by atoms with van der Waals surface area (Å²) in [4.78, 5) is 0. The number of halogens is 1. The molecule has 4 heteroatoms. The molecule has 3 nitrogen and oxygen atoms in total. The van der Waals surface area contributed by atoms with Crippen LogP contribution < -0.4 is 0 Å². The fraction of sp³-hybridized carbons (Fsp3) is 0.750. The first-order valence-electron chi connectivity index (χ1n) is 4.10. The van der Waals surface area contributed by atoms with Gasteiger partial charge in [-0.15, -0.1) is 16.7 Å². The minimum atomic E-state index is 0.204. The molecule has 0 spiro atoms. The van der Waals surface area contributed by atoms with Gasteiger partial charge in [-0.1, -0.05) is 12.1 Å².